The second-order valence-electron chi connectivity index (χ2n) is 3.87. The van der Waals surface area contributed by atoms with Gasteiger partial charge in [0.25, 0.3) is 0 Å². The Morgan fingerprint density at radius 1 is 1.28 bits per heavy atom. The molecule has 0 spiro atoms. The number of benzene rings is 1. The van der Waals surface area contributed by atoms with E-state index in [4.69, 9.17) is 10.5 Å². The molecule has 1 heterocycles. The topological polar surface area (TPSA) is 48.1 Å². The van der Waals surface area contributed by atoms with Crippen molar-refractivity contribution in [1.29, 1.82) is 0 Å². The Balaban J connectivity index is 2.68. The zero-order valence-corrected chi connectivity index (χ0v) is 9.58. The van der Waals surface area contributed by atoms with E-state index < -0.39 is 11.9 Å². The van der Waals surface area contributed by atoms with Crippen molar-refractivity contribution >= 4 is 16.5 Å². The number of ether oxygens (including phenoxy) is 1. The lowest BCUT2D eigenvalue weighted by Gasteiger charge is -2.11. The van der Waals surface area contributed by atoms with Crippen molar-refractivity contribution in [2.24, 2.45) is 0 Å². The summed E-state index contributed by atoms with van der Waals surface area (Å²) in [7, 11) is 1.52. The van der Waals surface area contributed by atoms with Crippen LogP contribution in [0.3, 0.4) is 0 Å². The number of aromatic nitrogens is 1. The van der Waals surface area contributed by atoms with Gasteiger partial charge in [-0.3, -0.25) is 0 Å². The molecule has 0 unspecified atom stereocenters. The maximum Gasteiger partial charge on any atom is 0.433 e. The van der Waals surface area contributed by atoms with Crippen LogP contribution in [0.1, 0.15) is 11.3 Å². The summed E-state index contributed by atoms with van der Waals surface area (Å²) in [6.45, 7) is 0.319. The minimum atomic E-state index is -4.49. The minimum absolute atomic E-state index is 0.00218. The van der Waals surface area contributed by atoms with E-state index in [1.165, 1.54) is 13.2 Å². The molecule has 1 aromatic carbocycles. The number of alkyl halides is 3. The number of nitrogens with two attached hydrogens (primary N) is 1. The molecule has 0 aliphatic heterocycles. The summed E-state index contributed by atoms with van der Waals surface area (Å²) in [5, 5.41) is 0.342. The monoisotopic (exact) mass is 256 g/mol. The zero-order valence-electron chi connectivity index (χ0n) is 9.58. The largest absolute Gasteiger partial charge is 0.433 e. The fourth-order valence-electron chi connectivity index (χ4n) is 1.79. The van der Waals surface area contributed by atoms with Gasteiger partial charge in [-0.1, -0.05) is 12.1 Å². The Labute approximate surface area is 101 Å². The maximum atomic E-state index is 12.8. The molecule has 0 aliphatic carbocycles. The Morgan fingerprint density at radius 3 is 2.61 bits per heavy atom. The molecule has 2 aromatic rings. The van der Waals surface area contributed by atoms with Crippen molar-refractivity contribution in [3.05, 3.63) is 35.7 Å². The van der Waals surface area contributed by atoms with Gasteiger partial charge in [0, 0.05) is 17.9 Å². The van der Waals surface area contributed by atoms with E-state index in [-0.39, 0.29) is 11.1 Å². The summed E-state index contributed by atoms with van der Waals surface area (Å²) in [5.74, 6) is 0. The Bertz CT molecular complexity index is 581. The van der Waals surface area contributed by atoms with E-state index in [9.17, 15) is 13.2 Å². The van der Waals surface area contributed by atoms with Crippen molar-refractivity contribution in [3.63, 3.8) is 0 Å². The number of nitrogen functional groups attached to an aromatic ring is 1. The zero-order chi connectivity index (χ0) is 13.3. The molecule has 0 aliphatic rings. The lowest BCUT2D eigenvalue weighted by molar-refractivity contribution is -0.139. The van der Waals surface area contributed by atoms with E-state index in [1.54, 1.807) is 12.1 Å². The van der Waals surface area contributed by atoms with Crippen LogP contribution < -0.4 is 5.73 Å². The SMILES string of the molecule is COCc1ccc2c(C(F)(F)F)ncc(N)c2c1. The fourth-order valence-corrected chi connectivity index (χ4v) is 1.79. The van der Waals surface area contributed by atoms with Gasteiger partial charge in [-0.15, -0.1) is 0 Å². The normalized spacial score (nSPS) is 12.0. The van der Waals surface area contributed by atoms with Gasteiger partial charge < -0.3 is 10.5 Å². The predicted molar refractivity (Wildman–Crippen MR) is 61.9 cm³/mol. The summed E-state index contributed by atoms with van der Waals surface area (Å²) >= 11 is 0. The first kappa shape index (κ1) is 12.6. The highest BCUT2D eigenvalue weighted by atomic mass is 19.4. The van der Waals surface area contributed by atoms with Crippen molar-refractivity contribution in [1.82, 2.24) is 4.98 Å². The molecule has 18 heavy (non-hydrogen) atoms. The first-order valence-corrected chi connectivity index (χ1v) is 5.16. The molecule has 2 N–H and O–H groups in total. The molecule has 0 bridgehead atoms. The maximum absolute atomic E-state index is 12.8. The molecule has 3 nitrogen and oxygen atoms in total. The summed E-state index contributed by atoms with van der Waals surface area (Å²) < 4.78 is 43.2. The summed E-state index contributed by atoms with van der Waals surface area (Å²) in [6.07, 6.45) is -3.46. The standard InChI is InChI=1S/C12H11F3N2O/c1-18-6-7-2-3-8-9(4-7)10(16)5-17-11(8)12(13,14)15/h2-5H,6,16H2,1H3. The Kier molecular flexibility index (Phi) is 3.13. The van der Waals surface area contributed by atoms with Gasteiger partial charge in [-0.25, -0.2) is 4.98 Å². The highest BCUT2D eigenvalue weighted by Gasteiger charge is 2.34. The average molecular weight is 256 g/mol. The summed E-state index contributed by atoms with van der Waals surface area (Å²) in [4.78, 5) is 3.37. The van der Waals surface area contributed by atoms with Gasteiger partial charge in [0.1, 0.15) is 0 Å². The van der Waals surface area contributed by atoms with Crippen LogP contribution in [-0.4, -0.2) is 12.1 Å². The third-order valence-electron chi connectivity index (χ3n) is 2.56. The van der Waals surface area contributed by atoms with E-state index in [2.05, 4.69) is 4.98 Å². The second kappa shape index (κ2) is 4.45. The Morgan fingerprint density at radius 2 is 2.00 bits per heavy atom. The van der Waals surface area contributed by atoms with Crippen molar-refractivity contribution in [2.45, 2.75) is 12.8 Å². The van der Waals surface area contributed by atoms with E-state index >= 15 is 0 Å². The summed E-state index contributed by atoms with van der Waals surface area (Å²) in [6, 6.07) is 4.53. The molecule has 0 atom stereocenters. The van der Waals surface area contributed by atoms with Crippen LogP contribution in [0.2, 0.25) is 0 Å². The van der Waals surface area contributed by atoms with Crippen molar-refractivity contribution in [3.8, 4) is 0 Å². The molecule has 0 fully saturated rings. The number of anilines is 1. The molecule has 0 radical (unpaired) electrons. The number of rotatable bonds is 2. The molecule has 0 saturated heterocycles. The van der Waals surface area contributed by atoms with Crippen LogP contribution in [0, 0.1) is 0 Å². The predicted octanol–water partition coefficient (Wildman–Crippen LogP) is 2.98. The van der Waals surface area contributed by atoms with Gasteiger partial charge in [-0.05, 0) is 11.6 Å². The van der Waals surface area contributed by atoms with Gasteiger partial charge in [0.2, 0.25) is 0 Å². The second-order valence-corrected chi connectivity index (χ2v) is 3.87. The third-order valence-corrected chi connectivity index (χ3v) is 2.56. The lowest BCUT2D eigenvalue weighted by atomic mass is 10.0. The first-order valence-electron chi connectivity index (χ1n) is 5.16. The number of hydrogen-bond donors (Lipinski definition) is 1. The number of methoxy groups -OCH3 is 1. The van der Waals surface area contributed by atoms with Gasteiger partial charge in [0.15, 0.2) is 5.69 Å². The smallest absolute Gasteiger partial charge is 0.397 e. The number of halogens is 3. The molecular weight excluding hydrogens is 245 g/mol. The molecule has 2 rings (SSSR count). The van der Waals surface area contributed by atoms with Crippen LogP contribution in [0.15, 0.2) is 24.4 Å². The van der Waals surface area contributed by atoms with Gasteiger partial charge in [0.05, 0.1) is 18.5 Å². The third kappa shape index (κ3) is 2.24. The minimum Gasteiger partial charge on any atom is -0.397 e. The fraction of sp³-hybridized carbons (Fsp3) is 0.250. The highest BCUT2D eigenvalue weighted by Crippen LogP contribution is 2.35. The van der Waals surface area contributed by atoms with Gasteiger partial charge >= 0.3 is 6.18 Å². The first-order chi connectivity index (χ1) is 8.43. The van der Waals surface area contributed by atoms with E-state index in [0.29, 0.717) is 12.0 Å². The number of pyridine rings is 1. The summed E-state index contributed by atoms with van der Waals surface area (Å²) in [5.41, 5.74) is 5.72. The van der Waals surface area contributed by atoms with Crippen LogP contribution in [0.5, 0.6) is 0 Å². The van der Waals surface area contributed by atoms with Gasteiger partial charge in [-0.2, -0.15) is 13.2 Å². The number of nitrogens with zero attached hydrogens (tertiary/aromatic N) is 1. The number of fused-ring (bicyclic) bond motifs is 1. The molecule has 0 saturated carbocycles. The van der Waals surface area contributed by atoms with Crippen LogP contribution >= 0.6 is 0 Å². The Hall–Kier alpha value is -1.82. The highest BCUT2D eigenvalue weighted by molar-refractivity contribution is 5.94. The van der Waals surface area contributed by atoms with Crippen molar-refractivity contribution < 1.29 is 17.9 Å². The van der Waals surface area contributed by atoms with Crippen LogP contribution in [-0.2, 0) is 17.5 Å². The lowest BCUT2D eigenvalue weighted by Crippen LogP contribution is -2.09. The van der Waals surface area contributed by atoms with E-state index in [1.807, 2.05) is 0 Å². The molecule has 96 valence electrons. The van der Waals surface area contributed by atoms with Crippen LogP contribution in [0.4, 0.5) is 18.9 Å². The molecule has 0 amide bonds. The van der Waals surface area contributed by atoms with Crippen LogP contribution in [0.25, 0.3) is 10.8 Å². The molecular formula is C12H11F3N2O. The van der Waals surface area contributed by atoms with Crippen molar-refractivity contribution in [2.75, 3.05) is 12.8 Å². The quantitative estimate of drug-likeness (QED) is 0.898. The number of hydrogen-bond acceptors (Lipinski definition) is 3. The van der Waals surface area contributed by atoms with E-state index in [0.717, 1.165) is 11.8 Å². The average Bonchev–Trinajstić information content (AvgIpc) is 2.29. The molecule has 6 heteroatoms. The molecule has 1 aromatic heterocycles.